The van der Waals surface area contributed by atoms with Gasteiger partial charge in [-0.3, -0.25) is 0 Å². The van der Waals surface area contributed by atoms with Gasteiger partial charge in [-0.2, -0.15) is 0 Å². The second-order valence-electron chi connectivity index (χ2n) is 7.07. The molecular weight excluding hydrogens is 467 g/mol. The summed E-state index contributed by atoms with van der Waals surface area (Å²) in [5.74, 6) is 0. The van der Waals surface area contributed by atoms with Gasteiger partial charge >= 0.3 is 0 Å². The molecule has 0 aliphatic carbocycles. The molecule has 1 atom stereocenters. The Labute approximate surface area is 199 Å². The summed E-state index contributed by atoms with van der Waals surface area (Å²) < 4.78 is 0.145. The number of rotatable bonds is 4. The molecule has 4 aromatic rings. The molecule has 1 aliphatic heterocycles. The fourth-order valence-corrected chi connectivity index (χ4v) is 5.23. The van der Waals surface area contributed by atoms with Crippen molar-refractivity contribution in [3.63, 3.8) is 0 Å². The highest BCUT2D eigenvalue weighted by Gasteiger charge is 2.45. The van der Waals surface area contributed by atoms with Crippen molar-refractivity contribution in [1.82, 2.24) is 4.59 Å². The van der Waals surface area contributed by atoms with Crippen LogP contribution in [0.15, 0.2) is 101 Å². The Kier molecular flexibility index (Phi) is 5.47. The fraction of sp³-hybridized carbons (Fsp3) is 0. The fourth-order valence-electron chi connectivity index (χ4n) is 3.81. The van der Waals surface area contributed by atoms with Crippen LogP contribution >= 0.6 is 46.1 Å². The first kappa shape index (κ1) is 20.5. The number of para-hydroxylation sites is 1. The molecule has 0 N–H and O–H groups in total. The van der Waals surface area contributed by atoms with Crippen molar-refractivity contribution < 1.29 is 0 Å². The number of nitrogens with zero attached hydrogens (tertiary/aromatic N) is 2. The molecule has 0 saturated carbocycles. The van der Waals surface area contributed by atoms with Gasteiger partial charge in [0, 0.05) is 46.0 Å². The van der Waals surface area contributed by atoms with Crippen LogP contribution in [0.1, 0.15) is 10.4 Å². The Hall–Kier alpha value is -2.40. The number of thiophene rings is 1. The first-order chi connectivity index (χ1) is 15.1. The quantitative estimate of drug-likeness (QED) is 0.258. The zero-order valence-corrected chi connectivity index (χ0v) is 19.3. The van der Waals surface area contributed by atoms with Gasteiger partial charge in [0.15, 0.2) is 17.1 Å². The van der Waals surface area contributed by atoms with E-state index in [0.717, 1.165) is 33.2 Å². The average Bonchev–Trinajstić information content (AvgIpc) is 3.39. The number of halogens is 3. The SMILES string of the molecule is Clc1ccc(C2=CC(c3sccc3Cl)=N[N+]2(c2ccccc2)c2cccc(Cl)c2)cc1. The van der Waals surface area contributed by atoms with Crippen molar-refractivity contribution in [2.75, 3.05) is 0 Å². The number of hydrogen-bond donors (Lipinski definition) is 0. The second-order valence-corrected chi connectivity index (χ2v) is 9.27. The van der Waals surface area contributed by atoms with Crippen molar-refractivity contribution in [3.8, 4) is 0 Å². The van der Waals surface area contributed by atoms with E-state index in [-0.39, 0.29) is 4.59 Å². The summed E-state index contributed by atoms with van der Waals surface area (Å²) in [6.07, 6.45) is 2.11. The number of benzene rings is 3. The highest BCUT2D eigenvalue weighted by molar-refractivity contribution is 7.13. The third kappa shape index (κ3) is 3.63. The summed E-state index contributed by atoms with van der Waals surface area (Å²) in [5, 5.41) is 9.28. The maximum atomic E-state index is 6.50. The zero-order chi connectivity index (χ0) is 21.4. The van der Waals surface area contributed by atoms with Crippen LogP contribution in [0.3, 0.4) is 0 Å². The first-order valence-electron chi connectivity index (χ1n) is 9.60. The molecule has 2 nitrogen and oxygen atoms in total. The number of quaternary nitrogens is 1. The smallest absolute Gasteiger partial charge is 0.140 e. The van der Waals surface area contributed by atoms with Crippen molar-refractivity contribution in [1.29, 1.82) is 0 Å². The molecule has 31 heavy (non-hydrogen) atoms. The lowest BCUT2D eigenvalue weighted by molar-refractivity contribution is 0.575. The monoisotopic (exact) mass is 481 g/mol. The Morgan fingerprint density at radius 1 is 0.710 bits per heavy atom. The predicted molar refractivity (Wildman–Crippen MR) is 135 cm³/mol. The number of allylic oxidation sites excluding steroid dienone is 1. The van der Waals surface area contributed by atoms with Crippen molar-refractivity contribution >= 4 is 68.9 Å². The molecule has 0 saturated heterocycles. The average molecular weight is 483 g/mol. The molecule has 1 aromatic heterocycles. The van der Waals surface area contributed by atoms with Gasteiger partial charge in [0.25, 0.3) is 0 Å². The van der Waals surface area contributed by atoms with Crippen LogP contribution in [0, 0.1) is 0 Å². The van der Waals surface area contributed by atoms with E-state index in [9.17, 15) is 0 Å². The summed E-state index contributed by atoms with van der Waals surface area (Å²) in [7, 11) is 0. The Bertz CT molecular complexity index is 1310. The van der Waals surface area contributed by atoms with E-state index in [0.29, 0.717) is 15.1 Å². The molecule has 2 heterocycles. The zero-order valence-electron chi connectivity index (χ0n) is 16.2. The lowest BCUT2D eigenvalue weighted by atomic mass is 10.1. The van der Waals surface area contributed by atoms with Gasteiger partial charge < -0.3 is 0 Å². The molecule has 5 rings (SSSR count). The van der Waals surface area contributed by atoms with Crippen molar-refractivity contribution in [2.24, 2.45) is 5.10 Å². The van der Waals surface area contributed by atoms with E-state index in [1.54, 1.807) is 11.3 Å². The molecule has 6 heteroatoms. The first-order valence-corrected chi connectivity index (χ1v) is 11.6. The minimum atomic E-state index is 0.145. The highest BCUT2D eigenvalue weighted by atomic mass is 35.5. The van der Waals surface area contributed by atoms with Gasteiger partial charge in [-0.15, -0.1) is 15.9 Å². The molecule has 0 spiro atoms. The third-order valence-electron chi connectivity index (χ3n) is 5.18. The van der Waals surface area contributed by atoms with Crippen LogP contribution in [0.25, 0.3) is 5.70 Å². The molecular formula is C25H16Cl3N2S+. The molecule has 0 fully saturated rings. The van der Waals surface area contributed by atoms with Crippen LogP contribution in [0.4, 0.5) is 11.4 Å². The van der Waals surface area contributed by atoms with Gasteiger partial charge in [-0.25, -0.2) is 0 Å². The van der Waals surface area contributed by atoms with Crippen LogP contribution in [0.2, 0.25) is 15.1 Å². The minimum Gasteiger partial charge on any atom is -0.140 e. The standard InChI is InChI=1S/C25H16Cl3N2S/c26-18-11-9-17(10-12-18)24-16-23(25-22(28)13-14-31-25)29-30(24,20-6-2-1-3-7-20)21-8-4-5-19(27)15-21/h1-16H/q+1. The summed E-state index contributed by atoms with van der Waals surface area (Å²) >= 11 is 20.7. The van der Waals surface area contributed by atoms with E-state index in [2.05, 4.69) is 18.2 Å². The van der Waals surface area contributed by atoms with Gasteiger partial charge in [0.1, 0.15) is 5.71 Å². The van der Waals surface area contributed by atoms with E-state index >= 15 is 0 Å². The van der Waals surface area contributed by atoms with Gasteiger partial charge in [0.2, 0.25) is 0 Å². The highest BCUT2D eigenvalue weighted by Crippen LogP contribution is 2.48. The summed E-state index contributed by atoms with van der Waals surface area (Å²) in [6, 6.07) is 27.7. The molecule has 1 aliphatic rings. The van der Waals surface area contributed by atoms with Crippen molar-refractivity contribution in [3.05, 3.63) is 122 Å². The third-order valence-corrected chi connectivity index (χ3v) is 7.03. The predicted octanol–water partition coefficient (Wildman–Crippen LogP) is 8.81. The molecule has 0 amide bonds. The topological polar surface area (TPSA) is 12.4 Å². The maximum Gasteiger partial charge on any atom is 0.179 e. The van der Waals surface area contributed by atoms with E-state index < -0.39 is 0 Å². The largest absolute Gasteiger partial charge is 0.179 e. The van der Waals surface area contributed by atoms with Crippen LogP contribution in [-0.4, -0.2) is 5.71 Å². The Morgan fingerprint density at radius 3 is 2.13 bits per heavy atom. The Morgan fingerprint density at radius 2 is 1.45 bits per heavy atom. The Balaban J connectivity index is 1.85. The molecule has 152 valence electrons. The van der Waals surface area contributed by atoms with Crippen LogP contribution in [-0.2, 0) is 0 Å². The van der Waals surface area contributed by atoms with Crippen molar-refractivity contribution in [2.45, 2.75) is 0 Å². The molecule has 0 bridgehead atoms. The molecule has 3 aromatic carbocycles. The maximum absolute atomic E-state index is 6.50. The van der Waals surface area contributed by atoms with E-state index in [1.807, 2.05) is 78.2 Å². The van der Waals surface area contributed by atoms with Gasteiger partial charge in [-0.05, 0) is 41.8 Å². The van der Waals surface area contributed by atoms with Gasteiger partial charge in [0.05, 0.1) is 9.90 Å². The lowest BCUT2D eigenvalue weighted by Crippen LogP contribution is -2.34. The normalized spacial score (nSPS) is 18.0. The summed E-state index contributed by atoms with van der Waals surface area (Å²) in [6.45, 7) is 0. The summed E-state index contributed by atoms with van der Waals surface area (Å²) in [5.41, 5.74) is 4.76. The summed E-state index contributed by atoms with van der Waals surface area (Å²) in [4.78, 5) is 0.936. The van der Waals surface area contributed by atoms with Gasteiger partial charge in [-0.1, -0.05) is 64.2 Å². The lowest BCUT2D eigenvalue weighted by Gasteiger charge is -2.30. The molecule has 1 unspecified atom stereocenters. The number of hydrogen-bond acceptors (Lipinski definition) is 2. The minimum absolute atomic E-state index is 0.145. The van der Waals surface area contributed by atoms with Crippen LogP contribution in [0.5, 0.6) is 0 Å². The molecule has 0 radical (unpaired) electrons. The second kappa shape index (κ2) is 8.27. The van der Waals surface area contributed by atoms with E-state index in [1.165, 1.54) is 0 Å². The van der Waals surface area contributed by atoms with Crippen LogP contribution < -0.4 is 4.59 Å². The van der Waals surface area contributed by atoms with E-state index in [4.69, 9.17) is 39.9 Å².